The van der Waals surface area contributed by atoms with Gasteiger partial charge in [-0.2, -0.15) is 8.42 Å². The number of aromatic nitrogens is 2. The Balaban J connectivity index is 2.39. The molecule has 2 aromatic rings. The number of nitrogens with zero attached hydrogens (tertiary/aromatic N) is 1. The van der Waals surface area contributed by atoms with Crippen LogP contribution in [0.5, 0.6) is 0 Å². The Bertz CT molecular complexity index is 720. The number of sulfonamides is 1. The molecule has 7 nitrogen and oxygen atoms in total. The average molecular weight is 279 g/mol. The van der Waals surface area contributed by atoms with Gasteiger partial charge < -0.3 is 10.7 Å². The smallest absolute Gasteiger partial charge is 0.279 e. The third kappa shape index (κ3) is 2.74. The summed E-state index contributed by atoms with van der Waals surface area (Å²) in [4.78, 5) is 6.48. The summed E-state index contributed by atoms with van der Waals surface area (Å²) in [5, 5.41) is 7.38. The van der Waals surface area contributed by atoms with Crippen LogP contribution < -0.4 is 10.5 Å². The van der Waals surface area contributed by atoms with Crippen LogP contribution in [-0.2, 0) is 10.0 Å². The molecule has 0 aliphatic rings. The molecule has 0 fully saturated rings. The third-order valence-corrected chi connectivity index (χ3v) is 3.71. The molecule has 19 heavy (non-hydrogen) atoms. The van der Waals surface area contributed by atoms with E-state index in [9.17, 15) is 8.42 Å². The number of aryl methyl sites for hydroxylation is 1. The van der Waals surface area contributed by atoms with Crippen molar-refractivity contribution in [1.82, 2.24) is 9.97 Å². The zero-order valence-corrected chi connectivity index (χ0v) is 11.0. The maximum absolute atomic E-state index is 12.1. The lowest BCUT2D eigenvalue weighted by Crippen LogP contribution is -2.18. The van der Waals surface area contributed by atoms with Gasteiger partial charge in [0.25, 0.3) is 10.0 Å². The first kappa shape index (κ1) is 13.1. The number of nitrogens with two attached hydrogens (primary N) is 1. The van der Waals surface area contributed by atoms with Crippen molar-refractivity contribution in [2.45, 2.75) is 11.9 Å². The number of benzene rings is 1. The van der Waals surface area contributed by atoms with Crippen LogP contribution in [0.4, 0.5) is 5.69 Å². The lowest BCUT2D eigenvalue weighted by molar-refractivity contribution is 0.598. The number of anilines is 1. The molecule has 2 rings (SSSR count). The first-order valence-corrected chi connectivity index (χ1v) is 6.86. The molecule has 1 heterocycles. The largest absolute Gasteiger partial charge is 0.384 e. The van der Waals surface area contributed by atoms with E-state index in [-0.39, 0.29) is 16.5 Å². The topological polar surface area (TPSA) is 125 Å². The van der Waals surface area contributed by atoms with Crippen LogP contribution >= 0.6 is 0 Å². The Morgan fingerprint density at radius 2 is 2.11 bits per heavy atom. The summed E-state index contributed by atoms with van der Waals surface area (Å²) < 4.78 is 26.6. The van der Waals surface area contributed by atoms with Crippen molar-refractivity contribution in [2.24, 2.45) is 5.73 Å². The van der Waals surface area contributed by atoms with Gasteiger partial charge in [-0.05, 0) is 19.1 Å². The van der Waals surface area contributed by atoms with Gasteiger partial charge in [0, 0.05) is 5.56 Å². The van der Waals surface area contributed by atoms with Crippen molar-refractivity contribution in [3.8, 4) is 0 Å². The molecule has 0 unspecified atom stereocenters. The Hall–Kier alpha value is -2.35. The molecular formula is C11H13N5O2S. The van der Waals surface area contributed by atoms with Crippen molar-refractivity contribution in [2.75, 3.05) is 4.72 Å². The minimum Gasteiger partial charge on any atom is -0.384 e. The number of H-pyrrole nitrogens is 1. The summed E-state index contributed by atoms with van der Waals surface area (Å²) in [6.45, 7) is 1.66. The maximum atomic E-state index is 12.1. The second kappa shape index (κ2) is 4.73. The van der Waals surface area contributed by atoms with Gasteiger partial charge in [-0.25, -0.2) is 4.98 Å². The van der Waals surface area contributed by atoms with Crippen molar-refractivity contribution in [1.29, 1.82) is 5.41 Å². The summed E-state index contributed by atoms with van der Waals surface area (Å²) in [6.07, 6.45) is 1.23. The Morgan fingerprint density at radius 1 is 1.42 bits per heavy atom. The van der Waals surface area contributed by atoms with Crippen molar-refractivity contribution in [3.63, 3.8) is 0 Å². The van der Waals surface area contributed by atoms with E-state index in [0.717, 1.165) is 0 Å². The quantitative estimate of drug-likeness (QED) is 0.488. The van der Waals surface area contributed by atoms with Gasteiger partial charge in [-0.15, -0.1) is 0 Å². The normalized spacial score (nSPS) is 11.2. The monoisotopic (exact) mass is 279 g/mol. The summed E-state index contributed by atoms with van der Waals surface area (Å²) >= 11 is 0. The second-order valence-corrected chi connectivity index (χ2v) is 5.55. The molecule has 1 aromatic heterocycles. The van der Waals surface area contributed by atoms with Crippen molar-refractivity contribution >= 4 is 21.5 Å². The molecule has 0 saturated heterocycles. The molecule has 0 amide bonds. The van der Waals surface area contributed by atoms with Crippen LogP contribution in [0.2, 0.25) is 0 Å². The summed E-state index contributed by atoms with van der Waals surface area (Å²) in [7, 11) is -3.77. The highest BCUT2D eigenvalue weighted by Crippen LogP contribution is 2.18. The minimum atomic E-state index is -3.77. The standard InChI is InChI=1S/C11H13N5O2S/c1-7-14-6-10(15-7)19(17,18)16-9-5-3-2-4-8(9)11(12)13/h2-6,16H,1H3,(H3,12,13)(H,14,15). The van der Waals surface area contributed by atoms with E-state index in [4.69, 9.17) is 11.1 Å². The van der Waals surface area contributed by atoms with E-state index >= 15 is 0 Å². The first-order valence-electron chi connectivity index (χ1n) is 5.38. The number of imidazole rings is 1. The molecule has 0 radical (unpaired) electrons. The predicted molar refractivity (Wildman–Crippen MR) is 71.6 cm³/mol. The SMILES string of the molecule is Cc1ncc(S(=O)(=O)Nc2ccccc2C(=N)N)[nH]1. The molecule has 5 N–H and O–H groups in total. The van der Waals surface area contributed by atoms with Crippen LogP contribution in [0.25, 0.3) is 0 Å². The van der Waals surface area contributed by atoms with Crippen LogP contribution in [0, 0.1) is 12.3 Å². The number of amidine groups is 1. The fraction of sp³-hybridized carbons (Fsp3) is 0.0909. The molecule has 0 spiro atoms. The number of rotatable bonds is 4. The van der Waals surface area contributed by atoms with Gasteiger partial charge in [0.2, 0.25) is 0 Å². The predicted octanol–water partition coefficient (Wildman–Crippen LogP) is 0.803. The molecule has 0 atom stereocenters. The van der Waals surface area contributed by atoms with Gasteiger partial charge in [0.1, 0.15) is 11.7 Å². The zero-order valence-electron chi connectivity index (χ0n) is 10.1. The van der Waals surface area contributed by atoms with Crippen LogP contribution in [0.15, 0.2) is 35.5 Å². The van der Waals surface area contributed by atoms with Crippen LogP contribution in [0.3, 0.4) is 0 Å². The van der Waals surface area contributed by atoms with Gasteiger partial charge in [0.15, 0.2) is 5.03 Å². The number of hydrogen-bond acceptors (Lipinski definition) is 4. The average Bonchev–Trinajstić information content (AvgIpc) is 2.76. The van der Waals surface area contributed by atoms with Gasteiger partial charge in [0.05, 0.1) is 11.9 Å². The Morgan fingerprint density at radius 3 is 2.68 bits per heavy atom. The number of nitrogen functional groups attached to an aromatic ring is 1. The minimum absolute atomic E-state index is 0.0386. The summed E-state index contributed by atoms with van der Waals surface area (Å²) in [5.74, 6) is 0.291. The van der Waals surface area contributed by atoms with Gasteiger partial charge in [-0.1, -0.05) is 12.1 Å². The van der Waals surface area contributed by atoms with E-state index in [0.29, 0.717) is 11.4 Å². The van der Waals surface area contributed by atoms with E-state index in [1.54, 1.807) is 25.1 Å². The molecule has 0 bridgehead atoms. The van der Waals surface area contributed by atoms with Gasteiger partial charge >= 0.3 is 0 Å². The number of hydrogen-bond donors (Lipinski definition) is 4. The molecule has 0 saturated carbocycles. The highest BCUT2D eigenvalue weighted by Gasteiger charge is 2.18. The Labute approximate surface area is 110 Å². The molecule has 0 aliphatic carbocycles. The molecule has 1 aromatic carbocycles. The highest BCUT2D eigenvalue weighted by molar-refractivity contribution is 7.92. The van der Waals surface area contributed by atoms with Crippen LogP contribution in [0.1, 0.15) is 11.4 Å². The molecule has 8 heteroatoms. The van der Waals surface area contributed by atoms with Gasteiger partial charge in [-0.3, -0.25) is 10.1 Å². The molecule has 0 aliphatic heterocycles. The lowest BCUT2D eigenvalue weighted by atomic mass is 10.2. The second-order valence-electron chi connectivity index (χ2n) is 3.90. The van der Waals surface area contributed by atoms with E-state index in [1.807, 2.05) is 0 Å². The van der Waals surface area contributed by atoms with E-state index in [1.165, 1.54) is 12.3 Å². The fourth-order valence-electron chi connectivity index (χ4n) is 1.54. The fourth-order valence-corrected chi connectivity index (χ4v) is 2.59. The number of para-hydroxylation sites is 1. The summed E-state index contributed by atoms with van der Waals surface area (Å²) in [5.41, 5.74) is 5.98. The molecular weight excluding hydrogens is 266 g/mol. The van der Waals surface area contributed by atoms with E-state index in [2.05, 4.69) is 14.7 Å². The highest BCUT2D eigenvalue weighted by atomic mass is 32.2. The maximum Gasteiger partial charge on any atom is 0.279 e. The molecule has 100 valence electrons. The zero-order chi connectivity index (χ0) is 14.0. The first-order chi connectivity index (χ1) is 8.90. The number of aromatic amines is 1. The number of nitrogens with one attached hydrogen (secondary N) is 3. The Kier molecular flexibility index (Phi) is 3.26. The summed E-state index contributed by atoms with van der Waals surface area (Å²) in [6, 6.07) is 6.44. The van der Waals surface area contributed by atoms with Crippen molar-refractivity contribution < 1.29 is 8.42 Å². The van der Waals surface area contributed by atoms with E-state index < -0.39 is 10.0 Å². The third-order valence-electron chi connectivity index (χ3n) is 2.43. The lowest BCUT2D eigenvalue weighted by Gasteiger charge is -2.10. The van der Waals surface area contributed by atoms with Crippen molar-refractivity contribution in [3.05, 3.63) is 41.9 Å². The van der Waals surface area contributed by atoms with Crippen LogP contribution in [-0.4, -0.2) is 24.2 Å².